The summed E-state index contributed by atoms with van der Waals surface area (Å²) in [6.45, 7) is 2.41. The third kappa shape index (κ3) is 3.70. The molecule has 0 saturated carbocycles. The van der Waals surface area contributed by atoms with E-state index in [1.165, 1.54) is 0 Å². The van der Waals surface area contributed by atoms with Gasteiger partial charge in [0.1, 0.15) is 5.69 Å². The Kier molecular flexibility index (Phi) is 5.06. The number of rotatable bonds is 5. The van der Waals surface area contributed by atoms with Crippen molar-refractivity contribution in [2.24, 2.45) is 0 Å². The lowest BCUT2D eigenvalue weighted by Crippen LogP contribution is -2.25. The number of carbonyl (C=O) groups excluding carboxylic acids is 1. The zero-order chi connectivity index (χ0) is 13.5. The van der Waals surface area contributed by atoms with E-state index >= 15 is 0 Å². The Balaban J connectivity index is 2.63. The Morgan fingerprint density at radius 2 is 2.00 bits per heavy atom. The van der Waals surface area contributed by atoms with Crippen molar-refractivity contribution < 1.29 is 13.6 Å². The number of anilines is 1. The minimum absolute atomic E-state index is 0.0840. The van der Waals surface area contributed by atoms with Gasteiger partial charge in [0, 0.05) is 19.5 Å². The molecule has 2 N–H and O–H groups in total. The summed E-state index contributed by atoms with van der Waals surface area (Å²) in [5.74, 6) is -1.88. The van der Waals surface area contributed by atoms with Gasteiger partial charge in [0.05, 0.1) is 11.6 Å². The molecular formula is C12H13F2N3O. The Morgan fingerprint density at radius 3 is 2.50 bits per heavy atom. The zero-order valence-electron chi connectivity index (χ0n) is 9.89. The second-order valence-electron chi connectivity index (χ2n) is 3.56. The Bertz CT molecular complexity index is 460. The van der Waals surface area contributed by atoms with Gasteiger partial charge < -0.3 is 10.6 Å². The molecule has 6 heteroatoms. The third-order valence-electron chi connectivity index (χ3n) is 2.20. The van der Waals surface area contributed by atoms with E-state index in [-0.39, 0.29) is 30.1 Å². The molecule has 0 aromatic heterocycles. The number of nitriles is 1. The predicted molar refractivity (Wildman–Crippen MR) is 62.9 cm³/mol. The van der Waals surface area contributed by atoms with E-state index in [4.69, 9.17) is 5.26 Å². The van der Waals surface area contributed by atoms with Gasteiger partial charge in [-0.3, -0.25) is 4.79 Å². The quantitative estimate of drug-likeness (QED) is 0.840. The highest BCUT2D eigenvalue weighted by Crippen LogP contribution is 2.20. The number of benzene rings is 1. The van der Waals surface area contributed by atoms with Gasteiger partial charge in [-0.2, -0.15) is 5.26 Å². The lowest BCUT2D eigenvalue weighted by molar-refractivity contribution is -0.120. The highest BCUT2D eigenvalue weighted by atomic mass is 19.1. The van der Waals surface area contributed by atoms with E-state index in [0.717, 1.165) is 12.1 Å². The van der Waals surface area contributed by atoms with Crippen LogP contribution < -0.4 is 10.6 Å². The molecule has 0 saturated heterocycles. The predicted octanol–water partition coefficient (Wildman–Crippen LogP) is 1.77. The highest BCUT2D eigenvalue weighted by Gasteiger charge is 2.11. The minimum Gasteiger partial charge on any atom is -0.380 e. The van der Waals surface area contributed by atoms with Crippen LogP contribution in [0, 0.1) is 23.0 Å². The van der Waals surface area contributed by atoms with Crippen molar-refractivity contribution in [2.45, 2.75) is 13.3 Å². The molecule has 0 bridgehead atoms. The average molecular weight is 253 g/mol. The molecule has 1 aromatic rings. The average Bonchev–Trinajstić information content (AvgIpc) is 2.32. The van der Waals surface area contributed by atoms with Crippen LogP contribution in [0.2, 0.25) is 0 Å². The van der Waals surface area contributed by atoms with E-state index in [9.17, 15) is 13.6 Å². The van der Waals surface area contributed by atoms with Gasteiger partial charge >= 0.3 is 0 Å². The second-order valence-corrected chi connectivity index (χ2v) is 3.56. The van der Waals surface area contributed by atoms with Crippen LogP contribution in [0.5, 0.6) is 0 Å². The fraction of sp³-hybridized carbons (Fsp3) is 0.333. The van der Waals surface area contributed by atoms with Crippen molar-refractivity contribution in [1.82, 2.24) is 5.32 Å². The molecule has 96 valence electrons. The normalized spacial score (nSPS) is 9.67. The van der Waals surface area contributed by atoms with Crippen LogP contribution in [0.15, 0.2) is 12.1 Å². The lowest BCUT2D eigenvalue weighted by atomic mass is 10.2. The second kappa shape index (κ2) is 6.55. The molecule has 1 aromatic carbocycles. The third-order valence-corrected chi connectivity index (χ3v) is 2.20. The van der Waals surface area contributed by atoms with Crippen LogP contribution in [0.25, 0.3) is 0 Å². The molecule has 0 atom stereocenters. The first-order valence-corrected chi connectivity index (χ1v) is 5.48. The molecule has 0 radical (unpaired) electrons. The maximum absolute atomic E-state index is 13.4. The molecule has 0 aliphatic rings. The number of carbonyl (C=O) groups is 1. The van der Waals surface area contributed by atoms with Crippen molar-refractivity contribution in [3.63, 3.8) is 0 Å². The van der Waals surface area contributed by atoms with Crippen LogP contribution in [0.4, 0.5) is 14.5 Å². The summed E-state index contributed by atoms with van der Waals surface area (Å²) >= 11 is 0. The standard InChI is InChI=1S/C12H13F2N3O/c1-2-16-11(18)3-4-17-12-9(13)5-8(7-15)6-10(12)14/h5-6,17H,2-4H2,1H3,(H,16,18). The number of nitrogens with one attached hydrogen (secondary N) is 2. The molecule has 1 amide bonds. The molecular weight excluding hydrogens is 240 g/mol. The largest absolute Gasteiger partial charge is 0.380 e. The molecule has 0 spiro atoms. The Labute approximate surface area is 104 Å². The van der Waals surface area contributed by atoms with E-state index in [1.54, 1.807) is 13.0 Å². The molecule has 0 fully saturated rings. The maximum atomic E-state index is 13.4. The van der Waals surface area contributed by atoms with Crippen molar-refractivity contribution in [2.75, 3.05) is 18.4 Å². The first kappa shape index (κ1) is 13.9. The Morgan fingerprint density at radius 1 is 1.39 bits per heavy atom. The van der Waals surface area contributed by atoms with Crippen LogP contribution in [0.1, 0.15) is 18.9 Å². The summed E-state index contributed by atoms with van der Waals surface area (Å²) in [6.07, 6.45) is 0.118. The van der Waals surface area contributed by atoms with Gasteiger partial charge in [0.2, 0.25) is 5.91 Å². The molecule has 0 aliphatic heterocycles. The van der Waals surface area contributed by atoms with Gasteiger partial charge in [-0.05, 0) is 19.1 Å². The summed E-state index contributed by atoms with van der Waals surface area (Å²) in [6, 6.07) is 3.54. The topological polar surface area (TPSA) is 64.9 Å². The number of amides is 1. The van der Waals surface area contributed by atoms with E-state index < -0.39 is 11.6 Å². The SMILES string of the molecule is CCNC(=O)CCNc1c(F)cc(C#N)cc1F. The van der Waals surface area contributed by atoms with Crippen LogP contribution in [-0.2, 0) is 4.79 Å². The lowest BCUT2D eigenvalue weighted by Gasteiger charge is -2.08. The van der Waals surface area contributed by atoms with Crippen molar-refractivity contribution in [3.8, 4) is 6.07 Å². The molecule has 1 rings (SSSR count). The van der Waals surface area contributed by atoms with Gasteiger partial charge in [0.25, 0.3) is 0 Å². The number of halogens is 2. The van der Waals surface area contributed by atoms with Gasteiger partial charge in [-0.15, -0.1) is 0 Å². The van der Waals surface area contributed by atoms with Crippen LogP contribution >= 0.6 is 0 Å². The molecule has 18 heavy (non-hydrogen) atoms. The number of hydrogen-bond acceptors (Lipinski definition) is 3. The minimum atomic E-state index is -0.845. The fourth-order valence-electron chi connectivity index (χ4n) is 1.39. The Hall–Kier alpha value is -2.16. The summed E-state index contributed by atoms with van der Waals surface area (Å²) in [7, 11) is 0. The molecule has 0 unspecified atom stereocenters. The van der Waals surface area contributed by atoms with E-state index in [1.807, 2.05) is 0 Å². The maximum Gasteiger partial charge on any atom is 0.221 e. The smallest absolute Gasteiger partial charge is 0.221 e. The van der Waals surface area contributed by atoms with Gasteiger partial charge in [-0.25, -0.2) is 8.78 Å². The van der Waals surface area contributed by atoms with Gasteiger partial charge in [0.15, 0.2) is 11.6 Å². The summed E-state index contributed by atoms with van der Waals surface area (Å²) in [4.78, 5) is 11.1. The van der Waals surface area contributed by atoms with Crippen LogP contribution in [-0.4, -0.2) is 19.0 Å². The number of hydrogen-bond donors (Lipinski definition) is 2. The number of nitrogens with zero attached hydrogens (tertiary/aromatic N) is 1. The molecule has 4 nitrogen and oxygen atoms in total. The molecule has 0 heterocycles. The van der Waals surface area contributed by atoms with Crippen molar-refractivity contribution in [3.05, 3.63) is 29.3 Å². The van der Waals surface area contributed by atoms with Crippen molar-refractivity contribution >= 4 is 11.6 Å². The summed E-state index contributed by atoms with van der Waals surface area (Å²) < 4.78 is 26.8. The first-order valence-electron chi connectivity index (χ1n) is 5.48. The summed E-state index contributed by atoms with van der Waals surface area (Å²) in [5, 5.41) is 13.6. The van der Waals surface area contributed by atoms with E-state index in [2.05, 4.69) is 10.6 Å². The highest BCUT2D eigenvalue weighted by molar-refractivity contribution is 5.76. The summed E-state index contributed by atoms with van der Waals surface area (Å²) in [5.41, 5.74) is -0.405. The van der Waals surface area contributed by atoms with E-state index in [0.29, 0.717) is 6.54 Å². The van der Waals surface area contributed by atoms with Gasteiger partial charge in [-0.1, -0.05) is 0 Å². The monoisotopic (exact) mass is 253 g/mol. The first-order chi connectivity index (χ1) is 8.58. The zero-order valence-corrected chi connectivity index (χ0v) is 9.89. The van der Waals surface area contributed by atoms with Crippen molar-refractivity contribution in [1.29, 1.82) is 5.26 Å². The molecule has 0 aliphatic carbocycles. The van der Waals surface area contributed by atoms with Crippen LogP contribution in [0.3, 0.4) is 0 Å². The fourth-order valence-corrected chi connectivity index (χ4v) is 1.39.